The smallest absolute Gasteiger partial charge is 0.123 e. The zero-order valence-corrected chi connectivity index (χ0v) is 14.9. The maximum Gasteiger partial charge on any atom is 0.123 e. The van der Waals surface area contributed by atoms with Crippen LogP contribution in [0.1, 0.15) is 16.8 Å². The summed E-state index contributed by atoms with van der Waals surface area (Å²) in [5.41, 5.74) is 7.05. The fraction of sp³-hybridized carbons (Fsp3) is 0.200. The van der Waals surface area contributed by atoms with Gasteiger partial charge in [-0.05, 0) is 61.7 Å². The molecule has 0 saturated carbocycles. The van der Waals surface area contributed by atoms with Crippen molar-refractivity contribution in [3.05, 3.63) is 77.2 Å². The van der Waals surface area contributed by atoms with Crippen LogP contribution in [-0.4, -0.2) is 9.90 Å². The molecule has 0 saturated heterocycles. The Morgan fingerprint density at radius 2 is 1.61 bits per heavy atom. The molecular formula is C20H19BrFN. The Balaban J connectivity index is 2.19. The van der Waals surface area contributed by atoms with Gasteiger partial charge in [-0.2, -0.15) is 0 Å². The van der Waals surface area contributed by atoms with Crippen LogP contribution in [-0.2, 0) is 6.42 Å². The van der Waals surface area contributed by atoms with Crippen LogP contribution in [0.3, 0.4) is 0 Å². The lowest BCUT2D eigenvalue weighted by atomic mass is 10.1. The lowest BCUT2D eigenvalue weighted by molar-refractivity contribution is 0.627. The molecule has 0 amide bonds. The first-order valence-corrected chi connectivity index (χ1v) is 8.82. The summed E-state index contributed by atoms with van der Waals surface area (Å²) in [5, 5.41) is 0.925. The predicted octanol–water partition coefficient (Wildman–Crippen LogP) is 5.84. The minimum Gasteiger partial charge on any atom is -0.314 e. The van der Waals surface area contributed by atoms with Crippen molar-refractivity contribution in [2.45, 2.75) is 20.3 Å². The van der Waals surface area contributed by atoms with Crippen molar-refractivity contribution in [2.24, 2.45) is 0 Å². The third-order valence-electron chi connectivity index (χ3n) is 4.15. The van der Waals surface area contributed by atoms with Crippen molar-refractivity contribution in [3.8, 4) is 16.9 Å². The molecule has 2 aromatic carbocycles. The van der Waals surface area contributed by atoms with Gasteiger partial charge in [-0.25, -0.2) is 4.39 Å². The zero-order chi connectivity index (χ0) is 16.4. The van der Waals surface area contributed by atoms with Gasteiger partial charge < -0.3 is 4.57 Å². The van der Waals surface area contributed by atoms with Crippen LogP contribution in [0.25, 0.3) is 16.9 Å². The van der Waals surface area contributed by atoms with Crippen LogP contribution in [0.2, 0.25) is 0 Å². The third-order valence-corrected chi connectivity index (χ3v) is 4.54. The predicted molar refractivity (Wildman–Crippen MR) is 98.1 cm³/mol. The average Bonchev–Trinajstić information content (AvgIpc) is 2.86. The SMILES string of the molecule is Cc1ccc(-c2cc(CCBr)c(C)n2-c2ccc(F)cc2)cc1. The standard InChI is InChI=1S/C20H19BrFN/c1-14-3-5-16(6-4-14)20-13-17(11-12-21)15(2)23(20)19-9-7-18(22)8-10-19/h3-10,13H,11-12H2,1-2H3. The molecular weight excluding hydrogens is 353 g/mol. The average molecular weight is 372 g/mol. The highest BCUT2D eigenvalue weighted by atomic mass is 79.9. The lowest BCUT2D eigenvalue weighted by Gasteiger charge is -2.12. The van der Waals surface area contributed by atoms with Gasteiger partial charge in [0, 0.05) is 16.7 Å². The van der Waals surface area contributed by atoms with E-state index in [4.69, 9.17) is 0 Å². The van der Waals surface area contributed by atoms with Crippen LogP contribution in [0, 0.1) is 19.7 Å². The van der Waals surface area contributed by atoms with E-state index in [-0.39, 0.29) is 5.82 Å². The Morgan fingerprint density at radius 1 is 0.957 bits per heavy atom. The van der Waals surface area contributed by atoms with Gasteiger partial charge >= 0.3 is 0 Å². The molecule has 1 heterocycles. The first-order valence-electron chi connectivity index (χ1n) is 7.70. The molecule has 0 aliphatic carbocycles. The number of rotatable bonds is 4. The minimum absolute atomic E-state index is 0.212. The molecule has 3 aromatic rings. The summed E-state index contributed by atoms with van der Waals surface area (Å²) >= 11 is 3.53. The van der Waals surface area contributed by atoms with Crippen molar-refractivity contribution in [2.75, 3.05) is 5.33 Å². The summed E-state index contributed by atoms with van der Waals surface area (Å²) in [7, 11) is 0. The minimum atomic E-state index is -0.212. The molecule has 0 aliphatic heterocycles. The number of hydrogen-bond acceptors (Lipinski definition) is 0. The lowest BCUT2D eigenvalue weighted by Crippen LogP contribution is -2.00. The maximum absolute atomic E-state index is 13.3. The van der Waals surface area contributed by atoms with Crippen molar-refractivity contribution >= 4 is 15.9 Å². The monoisotopic (exact) mass is 371 g/mol. The van der Waals surface area contributed by atoms with Crippen LogP contribution in [0.5, 0.6) is 0 Å². The molecule has 3 heteroatoms. The van der Waals surface area contributed by atoms with Gasteiger partial charge in [0.15, 0.2) is 0 Å². The van der Waals surface area contributed by atoms with Crippen LogP contribution in [0.15, 0.2) is 54.6 Å². The van der Waals surface area contributed by atoms with E-state index in [0.29, 0.717) is 0 Å². The largest absolute Gasteiger partial charge is 0.314 e. The van der Waals surface area contributed by atoms with Crippen LogP contribution in [0.4, 0.5) is 4.39 Å². The fourth-order valence-corrected chi connectivity index (χ4v) is 3.30. The Hall–Kier alpha value is -1.87. The number of benzene rings is 2. The van der Waals surface area contributed by atoms with Gasteiger partial charge in [0.2, 0.25) is 0 Å². The first-order chi connectivity index (χ1) is 11.1. The summed E-state index contributed by atoms with van der Waals surface area (Å²) in [6.45, 7) is 4.21. The number of aryl methyl sites for hydroxylation is 2. The van der Waals surface area contributed by atoms with E-state index < -0.39 is 0 Å². The van der Waals surface area contributed by atoms with Crippen molar-refractivity contribution < 1.29 is 4.39 Å². The van der Waals surface area contributed by atoms with Crippen molar-refractivity contribution in [1.82, 2.24) is 4.57 Å². The molecule has 0 atom stereocenters. The highest BCUT2D eigenvalue weighted by Crippen LogP contribution is 2.30. The number of hydrogen-bond donors (Lipinski definition) is 0. The summed E-state index contributed by atoms with van der Waals surface area (Å²) < 4.78 is 15.5. The van der Waals surface area contributed by atoms with Gasteiger partial charge in [0.1, 0.15) is 5.82 Å². The summed E-state index contributed by atoms with van der Waals surface area (Å²) in [4.78, 5) is 0. The van der Waals surface area contributed by atoms with E-state index in [1.54, 1.807) is 0 Å². The maximum atomic E-state index is 13.3. The summed E-state index contributed by atoms with van der Waals surface area (Å²) in [6.07, 6.45) is 0.971. The summed E-state index contributed by atoms with van der Waals surface area (Å²) in [6, 6.07) is 17.5. The summed E-state index contributed by atoms with van der Waals surface area (Å²) in [5.74, 6) is -0.212. The van der Waals surface area contributed by atoms with E-state index in [1.165, 1.54) is 34.5 Å². The van der Waals surface area contributed by atoms with Gasteiger partial charge in [-0.15, -0.1) is 0 Å². The van der Waals surface area contributed by atoms with Gasteiger partial charge in [-0.3, -0.25) is 0 Å². The molecule has 1 aromatic heterocycles. The van der Waals surface area contributed by atoms with E-state index in [9.17, 15) is 4.39 Å². The second-order valence-corrected chi connectivity index (χ2v) is 6.55. The Morgan fingerprint density at radius 3 is 2.22 bits per heavy atom. The number of nitrogens with zero attached hydrogens (tertiary/aromatic N) is 1. The van der Waals surface area contributed by atoms with Gasteiger partial charge in [0.05, 0.1) is 5.69 Å². The molecule has 0 spiro atoms. The second-order valence-electron chi connectivity index (χ2n) is 5.76. The molecule has 0 N–H and O–H groups in total. The van der Waals surface area contributed by atoms with Gasteiger partial charge in [-0.1, -0.05) is 45.8 Å². The number of halogens is 2. The fourth-order valence-electron chi connectivity index (χ4n) is 2.87. The Labute approximate surface area is 144 Å². The first kappa shape index (κ1) is 16.0. The van der Waals surface area contributed by atoms with Crippen molar-refractivity contribution in [1.29, 1.82) is 0 Å². The van der Waals surface area contributed by atoms with Crippen LogP contribution < -0.4 is 0 Å². The van der Waals surface area contributed by atoms with E-state index in [2.05, 4.69) is 64.7 Å². The van der Waals surface area contributed by atoms with Crippen LogP contribution >= 0.6 is 15.9 Å². The van der Waals surface area contributed by atoms with E-state index >= 15 is 0 Å². The van der Waals surface area contributed by atoms with E-state index in [1.807, 2.05) is 12.1 Å². The van der Waals surface area contributed by atoms with Gasteiger partial charge in [0.25, 0.3) is 0 Å². The van der Waals surface area contributed by atoms with E-state index in [0.717, 1.165) is 23.1 Å². The third kappa shape index (κ3) is 3.25. The quantitative estimate of drug-likeness (QED) is 0.507. The molecule has 23 heavy (non-hydrogen) atoms. The molecule has 0 radical (unpaired) electrons. The topological polar surface area (TPSA) is 4.93 Å². The number of aromatic nitrogens is 1. The highest BCUT2D eigenvalue weighted by Gasteiger charge is 2.14. The molecule has 118 valence electrons. The molecule has 3 rings (SSSR count). The highest BCUT2D eigenvalue weighted by molar-refractivity contribution is 9.09. The zero-order valence-electron chi connectivity index (χ0n) is 13.3. The molecule has 0 bridgehead atoms. The molecule has 0 aliphatic rings. The van der Waals surface area contributed by atoms with Crippen molar-refractivity contribution in [3.63, 3.8) is 0 Å². The molecule has 1 nitrogen and oxygen atoms in total. The molecule has 0 unspecified atom stereocenters. The Kier molecular flexibility index (Phi) is 4.67. The molecule has 0 fully saturated rings. The Bertz CT molecular complexity index is 801. The second kappa shape index (κ2) is 6.71. The number of alkyl halides is 1. The normalized spacial score (nSPS) is 11.0.